The van der Waals surface area contributed by atoms with Gasteiger partial charge in [-0.1, -0.05) is 23.7 Å². The van der Waals surface area contributed by atoms with Crippen molar-refractivity contribution < 1.29 is 13.9 Å². The summed E-state index contributed by atoms with van der Waals surface area (Å²) in [5, 5.41) is 13.7. The fourth-order valence-electron chi connectivity index (χ4n) is 2.06. The summed E-state index contributed by atoms with van der Waals surface area (Å²) < 4.78 is 26.7. The van der Waals surface area contributed by atoms with Crippen LogP contribution in [0.4, 0.5) is 8.78 Å². The van der Waals surface area contributed by atoms with E-state index in [1.165, 1.54) is 0 Å². The van der Waals surface area contributed by atoms with Gasteiger partial charge in [0.25, 0.3) is 0 Å². The molecule has 0 radical (unpaired) electrons. The topological polar surface area (TPSA) is 32.3 Å². The lowest BCUT2D eigenvalue weighted by Crippen LogP contribution is -2.25. The van der Waals surface area contributed by atoms with Crippen molar-refractivity contribution in [2.45, 2.75) is 19.1 Å². The summed E-state index contributed by atoms with van der Waals surface area (Å²) in [7, 11) is 0. The van der Waals surface area contributed by atoms with Crippen molar-refractivity contribution in [2.75, 3.05) is 6.54 Å². The summed E-state index contributed by atoms with van der Waals surface area (Å²) in [6, 6.07) is 10.3. The summed E-state index contributed by atoms with van der Waals surface area (Å²) in [5.41, 5.74) is 0.898. The molecule has 0 amide bonds. The van der Waals surface area contributed by atoms with E-state index in [-0.39, 0.29) is 18.2 Å². The molecule has 0 aliphatic carbocycles. The number of rotatable bonds is 5. The predicted octanol–water partition coefficient (Wildman–Crippen LogP) is 4.00. The van der Waals surface area contributed by atoms with Crippen molar-refractivity contribution in [3.05, 3.63) is 70.2 Å². The monoisotopic (exact) mass is 311 g/mol. The van der Waals surface area contributed by atoms with Crippen molar-refractivity contribution in [1.29, 1.82) is 0 Å². The van der Waals surface area contributed by atoms with E-state index in [1.807, 2.05) is 25.1 Å². The minimum Gasteiger partial charge on any atom is -0.387 e. The fourth-order valence-corrected chi connectivity index (χ4v) is 2.26. The summed E-state index contributed by atoms with van der Waals surface area (Å²) in [4.78, 5) is 0. The molecule has 112 valence electrons. The highest BCUT2D eigenvalue weighted by atomic mass is 35.5. The molecule has 0 saturated heterocycles. The first-order chi connectivity index (χ1) is 9.97. The van der Waals surface area contributed by atoms with Crippen LogP contribution in [0, 0.1) is 11.6 Å². The first kappa shape index (κ1) is 15.9. The van der Waals surface area contributed by atoms with Gasteiger partial charge in [0.1, 0.15) is 11.6 Å². The average molecular weight is 312 g/mol. The van der Waals surface area contributed by atoms with Crippen molar-refractivity contribution in [3.63, 3.8) is 0 Å². The normalized spacial score (nSPS) is 14.0. The number of nitrogens with one attached hydrogen (secondary N) is 1. The molecular formula is C16H16ClF2NO. The fraction of sp³-hybridized carbons (Fsp3) is 0.250. The molecule has 21 heavy (non-hydrogen) atoms. The largest absolute Gasteiger partial charge is 0.387 e. The van der Waals surface area contributed by atoms with Crippen LogP contribution in [-0.4, -0.2) is 11.7 Å². The van der Waals surface area contributed by atoms with Crippen LogP contribution in [0.3, 0.4) is 0 Å². The Balaban J connectivity index is 2.00. The highest BCUT2D eigenvalue weighted by Crippen LogP contribution is 2.20. The van der Waals surface area contributed by atoms with Crippen LogP contribution in [0.5, 0.6) is 0 Å². The third-order valence-corrected chi connectivity index (χ3v) is 3.52. The Bertz CT molecular complexity index is 621. The van der Waals surface area contributed by atoms with Gasteiger partial charge in [-0.25, -0.2) is 8.78 Å². The zero-order valence-electron chi connectivity index (χ0n) is 11.5. The van der Waals surface area contributed by atoms with Crippen molar-refractivity contribution >= 4 is 11.6 Å². The van der Waals surface area contributed by atoms with Gasteiger partial charge in [-0.05, 0) is 42.8 Å². The molecule has 0 aliphatic rings. The van der Waals surface area contributed by atoms with Crippen molar-refractivity contribution in [2.24, 2.45) is 0 Å². The molecule has 0 heterocycles. The quantitative estimate of drug-likeness (QED) is 0.874. The first-order valence-corrected chi connectivity index (χ1v) is 6.97. The molecule has 2 rings (SSSR count). The van der Waals surface area contributed by atoms with E-state index in [2.05, 4.69) is 5.32 Å². The average Bonchev–Trinajstić information content (AvgIpc) is 2.47. The third kappa shape index (κ3) is 4.24. The van der Waals surface area contributed by atoms with E-state index < -0.39 is 17.7 Å². The van der Waals surface area contributed by atoms with Gasteiger partial charge in [-0.3, -0.25) is 0 Å². The molecule has 0 spiro atoms. The second kappa shape index (κ2) is 6.98. The molecule has 2 atom stereocenters. The number of benzene rings is 2. The molecule has 0 aliphatic heterocycles. The molecule has 2 aromatic carbocycles. The Labute approximate surface area is 127 Å². The van der Waals surface area contributed by atoms with Gasteiger partial charge in [0, 0.05) is 23.2 Å². The molecular weight excluding hydrogens is 296 g/mol. The lowest BCUT2D eigenvalue weighted by atomic mass is 10.1. The Morgan fingerprint density at radius 2 is 1.95 bits per heavy atom. The van der Waals surface area contributed by atoms with Crippen LogP contribution in [-0.2, 0) is 0 Å². The summed E-state index contributed by atoms with van der Waals surface area (Å²) in [6.07, 6.45) is -1.12. The van der Waals surface area contributed by atoms with Crippen LogP contribution >= 0.6 is 11.6 Å². The number of hydrogen-bond donors (Lipinski definition) is 2. The molecule has 1 unspecified atom stereocenters. The first-order valence-electron chi connectivity index (χ1n) is 6.59. The highest BCUT2D eigenvalue weighted by Gasteiger charge is 2.15. The highest BCUT2D eigenvalue weighted by molar-refractivity contribution is 6.30. The molecule has 0 saturated carbocycles. The van der Waals surface area contributed by atoms with Crippen LogP contribution in [0.1, 0.15) is 30.2 Å². The lowest BCUT2D eigenvalue weighted by Gasteiger charge is -2.18. The Kier molecular flexibility index (Phi) is 5.28. The molecule has 0 bridgehead atoms. The maximum atomic E-state index is 13.5. The predicted molar refractivity (Wildman–Crippen MR) is 79.2 cm³/mol. The Hall–Kier alpha value is -1.49. The zero-order chi connectivity index (χ0) is 15.4. The van der Waals surface area contributed by atoms with Gasteiger partial charge >= 0.3 is 0 Å². The summed E-state index contributed by atoms with van der Waals surface area (Å²) in [5.74, 6) is -1.20. The lowest BCUT2D eigenvalue weighted by molar-refractivity contribution is 0.166. The Morgan fingerprint density at radius 1 is 1.19 bits per heavy atom. The van der Waals surface area contributed by atoms with Gasteiger partial charge in [0.05, 0.1) is 6.10 Å². The molecule has 0 fully saturated rings. The number of aliphatic hydroxyl groups excluding tert-OH is 1. The maximum Gasteiger partial charge on any atom is 0.129 e. The maximum absolute atomic E-state index is 13.5. The molecule has 5 heteroatoms. The van der Waals surface area contributed by atoms with E-state index in [9.17, 15) is 13.9 Å². The van der Waals surface area contributed by atoms with Gasteiger partial charge in [-0.15, -0.1) is 0 Å². The SMILES string of the molecule is C[C@@H](NCC(O)c1cc(F)ccc1F)c1cccc(Cl)c1. The van der Waals surface area contributed by atoms with Gasteiger partial charge in [0.2, 0.25) is 0 Å². The zero-order valence-corrected chi connectivity index (χ0v) is 12.2. The number of halogens is 3. The standard InChI is InChI=1S/C16H16ClF2NO/c1-10(11-3-2-4-12(17)7-11)20-9-16(21)14-8-13(18)5-6-15(14)19/h2-8,10,16,20-21H,9H2,1H3/t10-,16?/m1/s1. The van der Waals surface area contributed by atoms with E-state index in [1.54, 1.807) is 6.07 Å². The second-order valence-electron chi connectivity index (χ2n) is 4.87. The summed E-state index contributed by atoms with van der Waals surface area (Å²) >= 11 is 5.92. The third-order valence-electron chi connectivity index (χ3n) is 3.28. The smallest absolute Gasteiger partial charge is 0.129 e. The van der Waals surface area contributed by atoms with Crippen LogP contribution in [0.15, 0.2) is 42.5 Å². The Morgan fingerprint density at radius 3 is 2.67 bits per heavy atom. The van der Waals surface area contributed by atoms with E-state index in [4.69, 9.17) is 11.6 Å². The van der Waals surface area contributed by atoms with E-state index in [0.29, 0.717) is 5.02 Å². The summed E-state index contributed by atoms with van der Waals surface area (Å²) in [6.45, 7) is 2.01. The molecule has 0 aromatic heterocycles. The number of hydrogen-bond acceptors (Lipinski definition) is 2. The van der Waals surface area contributed by atoms with E-state index in [0.717, 1.165) is 23.8 Å². The van der Waals surface area contributed by atoms with Crippen LogP contribution in [0.25, 0.3) is 0 Å². The van der Waals surface area contributed by atoms with Gasteiger partial charge in [0.15, 0.2) is 0 Å². The van der Waals surface area contributed by atoms with Crippen molar-refractivity contribution in [1.82, 2.24) is 5.32 Å². The van der Waals surface area contributed by atoms with Crippen molar-refractivity contribution in [3.8, 4) is 0 Å². The molecule has 2 N–H and O–H groups in total. The van der Waals surface area contributed by atoms with Crippen LogP contribution < -0.4 is 5.32 Å². The van der Waals surface area contributed by atoms with E-state index >= 15 is 0 Å². The minimum atomic E-state index is -1.12. The van der Waals surface area contributed by atoms with Crippen LogP contribution in [0.2, 0.25) is 5.02 Å². The second-order valence-corrected chi connectivity index (χ2v) is 5.30. The van der Waals surface area contributed by atoms with Gasteiger partial charge < -0.3 is 10.4 Å². The minimum absolute atomic E-state index is 0.0548. The number of aliphatic hydroxyl groups is 1. The molecule has 2 nitrogen and oxygen atoms in total. The molecule has 2 aromatic rings. The van der Waals surface area contributed by atoms with Gasteiger partial charge in [-0.2, -0.15) is 0 Å².